The number of carbonyl (C=O) groups excluding carboxylic acids is 1. The van der Waals surface area contributed by atoms with E-state index in [1.165, 1.54) is 0 Å². The molecule has 2 N–H and O–H groups in total. The van der Waals surface area contributed by atoms with E-state index in [4.69, 9.17) is 5.11 Å². The lowest BCUT2D eigenvalue weighted by molar-refractivity contribution is -0.384. The third-order valence-electron chi connectivity index (χ3n) is 1.86. The van der Waals surface area contributed by atoms with Crippen molar-refractivity contribution in [2.24, 2.45) is 0 Å². The number of carboxylic acids is 1. The van der Waals surface area contributed by atoms with Gasteiger partial charge in [-0.25, -0.2) is 13.6 Å². The summed E-state index contributed by atoms with van der Waals surface area (Å²) in [6.07, 6.45) is 0.997. The van der Waals surface area contributed by atoms with E-state index >= 15 is 0 Å². The summed E-state index contributed by atoms with van der Waals surface area (Å²) in [5.74, 6) is -5.05. The number of aliphatic carboxylic acids is 1. The fourth-order valence-corrected chi connectivity index (χ4v) is 1.14. The lowest BCUT2D eigenvalue weighted by Crippen LogP contribution is -2.12. The van der Waals surface area contributed by atoms with Crippen molar-refractivity contribution < 1.29 is 28.4 Å². The number of nitro benzene ring substituents is 1. The van der Waals surface area contributed by atoms with Crippen molar-refractivity contribution in [3.8, 4) is 0 Å². The average molecular weight is 272 g/mol. The summed E-state index contributed by atoms with van der Waals surface area (Å²) in [7, 11) is 0. The Morgan fingerprint density at radius 2 is 1.95 bits per heavy atom. The van der Waals surface area contributed by atoms with Crippen LogP contribution in [0, 0.1) is 21.7 Å². The minimum Gasteiger partial charge on any atom is -0.478 e. The van der Waals surface area contributed by atoms with Gasteiger partial charge in [-0.2, -0.15) is 0 Å². The number of rotatable bonds is 4. The minimum absolute atomic E-state index is 0.351. The molecular formula is C10H6F2N2O5. The second-order valence-corrected chi connectivity index (χ2v) is 3.20. The van der Waals surface area contributed by atoms with Crippen LogP contribution in [-0.2, 0) is 9.59 Å². The van der Waals surface area contributed by atoms with Crippen molar-refractivity contribution in [2.45, 2.75) is 0 Å². The zero-order valence-corrected chi connectivity index (χ0v) is 9.09. The predicted octanol–water partition coefficient (Wildman–Crippen LogP) is 1.45. The molecule has 0 aromatic heterocycles. The Morgan fingerprint density at radius 1 is 1.32 bits per heavy atom. The van der Waals surface area contributed by atoms with E-state index < -0.39 is 39.8 Å². The fraction of sp³-hybridized carbons (Fsp3) is 0. The molecule has 0 aliphatic rings. The van der Waals surface area contributed by atoms with Gasteiger partial charge in [0, 0.05) is 18.2 Å². The van der Waals surface area contributed by atoms with E-state index in [1.54, 1.807) is 5.32 Å². The third kappa shape index (κ3) is 3.84. The van der Waals surface area contributed by atoms with E-state index in [1.807, 2.05) is 0 Å². The zero-order valence-electron chi connectivity index (χ0n) is 9.09. The Kier molecular flexibility index (Phi) is 4.24. The summed E-state index contributed by atoms with van der Waals surface area (Å²) >= 11 is 0. The van der Waals surface area contributed by atoms with E-state index in [0.717, 1.165) is 0 Å². The van der Waals surface area contributed by atoms with Crippen LogP contribution in [0.15, 0.2) is 24.3 Å². The highest BCUT2D eigenvalue weighted by Gasteiger charge is 2.21. The fourth-order valence-electron chi connectivity index (χ4n) is 1.14. The molecule has 0 bridgehead atoms. The van der Waals surface area contributed by atoms with Crippen LogP contribution in [0.2, 0.25) is 0 Å². The highest BCUT2D eigenvalue weighted by Crippen LogP contribution is 2.28. The Morgan fingerprint density at radius 3 is 2.47 bits per heavy atom. The first-order chi connectivity index (χ1) is 8.81. The molecule has 0 saturated heterocycles. The maximum absolute atomic E-state index is 13.3. The number of hydrogen-bond donors (Lipinski definition) is 2. The number of carbonyl (C=O) groups is 2. The summed E-state index contributed by atoms with van der Waals surface area (Å²) in [6, 6.07) is 0.781. The van der Waals surface area contributed by atoms with E-state index in [0.29, 0.717) is 24.3 Å². The van der Waals surface area contributed by atoms with Crippen LogP contribution < -0.4 is 5.32 Å². The van der Waals surface area contributed by atoms with Gasteiger partial charge >= 0.3 is 5.97 Å². The summed E-state index contributed by atoms with van der Waals surface area (Å²) < 4.78 is 26.1. The molecule has 1 rings (SSSR count). The zero-order chi connectivity index (χ0) is 14.6. The second kappa shape index (κ2) is 5.67. The summed E-state index contributed by atoms with van der Waals surface area (Å²) in [4.78, 5) is 30.8. The van der Waals surface area contributed by atoms with E-state index in [9.17, 15) is 28.5 Å². The maximum atomic E-state index is 13.3. The number of nitrogens with one attached hydrogen (secondary N) is 1. The van der Waals surface area contributed by atoms with Crippen LogP contribution in [0.3, 0.4) is 0 Å². The molecule has 19 heavy (non-hydrogen) atoms. The first kappa shape index (κ1) is 14.2. The van der Waals surface area contributed by atoms with E-state index in [2.05, 4.69) is 0 Å². The third-order valence-corrected chi connectivity index (χ3v) is 1.86. The largest absolute Gasteiger partial charge is 0.478 e. The quantitative estimate of drug-likeness (QED) is 0.489. The van der Waals surface area contributed by atoms with Crippen LogP contribution in [0.25, 0.3) is 0 Å². The SMILES string of the molecule is O=C(O)/C=C/C(=O)Nc1c(F)cc(F)cc1[N+](=O)[O-]. The number of amides is 1. The van der Waals surface area contributed by atoms with Crippen molar-refractivity contribution >= 4 is 23.3 Å². The Bertz CT molecular complexity index is 586. The van der Waals surface area contributed by atoms with Gasteiger partial charge in [0.05, 0.1) is 11.0 Å². The monoisotopic (exact) mass is 272 g/mol. The molecule has 0 heterocycles. The molecular weight excluding hydrogens is 266 g/mol. The summed E-state index contributed by atoms with van der Waals surface area (Å²) in [5, 5.41) is 20.6. The highest BCUT2D eigenvalue weighted by atomic mass is 19.1. The first-order valence-electron chi connectivity index (χ1n) is 4.66. The van der Waals surface area contributed by atoms with Gasteiger partial charge in [-0.15, -0.1) is 0 Å². The topological polar surface area (TPSA) is 110 Å². The van der Waals surface area contributed by atoms with Crippen LogP contribution in [0.4, 0.5) is 20.2 Å². The van der Waals surface area contributed by atoms with Crippen molar-refractivity contribution in [1.82, 2.24) is 0 Å². The van der Waals surface area contributed by atoms with Gasteiger partial charge in [-0.05, 0) is 0 Å². The molecule has 0 saturated carbocycles. The Hall–Kier alpha value is -2.84. The van der Waals surface area contributed by atoms with Gasteiger partial charge in [0.15, 0.2) is 11.5 Å². The first-order valence-corrected chi connectivity index (χ1v) is 4.66. The predicted molar refractivity (Wildman–Crippen MR) is 58.4 cm³/mol. The smallest absolute Gasteiger partial charge is 0.328 e. The van der Waals surface area contributed by atoms with Crippen LogP contribution in [0.1, 0.15) is 0 Å². The lowest BCUT2D eigenvalue weighted by Gasteiger charge is -2.05. The number of anilines is 1. The normalized spacial score (nSPS) is 10.4. The van der Waals surface area contributed by atoms with Gasteiger partial charge in [-0.1, -0.05) is 0 Å². The number of benzene rings is 1. The van der Waals surface area contributed by atoms with Crippen molar-refractivity contribution in [3.63, 3.8) is 0 Å². The molecule has 0 radical (unpaired) electrons. The molecule has 0 aliphatic heterocycles. The number of halogens is 2. The average Bonchev–Trinajstić information content (AvgIpc) is 2.29. The van der Waals surface area contributed by atoms with Crippen molar-refractivity contribution in [3.05, 3.63) is 46.0 Å². The van der Waals surface area contributed by atoms with Gasteiger partial charge in [0.25, 0.3) is 5.69 Å². The van der Waals surface area contributed by atoms with Crippen LogP contribution in [0.5, 0.6) is 0 Å². The van der Waals surface area contributed by atoms with Gasteiger partial charge in [0.2, 0.25) is 5.91 Å². The second-order valence-electron chi connectivity index (χ2n) is 3.20. The summed E-state index contributed by atoms with van der Waals surface area (Å²) in [5.41, 5.74) is -1.82. The molecule has 1 aromatic rings. The minimum atomic E-state index is -1.43. The molecule has 0 atom stereocenters. The molecule has 0 unspecified atom stereocenters. The molecule has 0 aliphatic carbocycles. The van der Waals surface area contributed by atoms with Gasteiger partial charge in [0.1, 0.15) is 5.82 Å². The Labute approximate surface area is 104 Å². The molecule has 9 heteroatoms. The van der Waals surface area contributed by atoms with Gasteiger partial charge in [-0.3, -0.25) is 14.9 Å². The van der Waals surface area contributed by atoms with Crippen LogP contribution >= 0.6 is 0 Å². The molecule has 0 fully saturated rings. The molecule has 100 valence electrons. The molecule has 1 amide bonds. The standard InChI is InChI=1S/C10H6F2N2O5/c11-5-3-6(12)10(7(4-5)14(18)19)13-8(15)1-2-9(16)17/h1-4H,(H,13,15)(H,16,17)/b2-1+. The Balaban J connectivity index is 3.10. The van der Waals surface area contributed by atoms with E-state index in [-0.39, 0.29) is 0 Å². The molecule has 1 aromatic carbocycles. The number of hydrogen-bond acceptors (Lipinski definition) is 4. The number of nitro groups is 1. The number of carboxylic acid groups (broad SMARTS) is 1. The molecule has 0 spiro atoms. The van der Waals surface area contributed by atoms with Gasteiger partial charge < -0.3 is 10.4 Å². The maximum Gasteiger partial charge on any atom is 0.328 e. The summed E-state index contributed by atoms with van der Waals surface area (Å²) in [6.45, 7) is 0. The molecule has 7 nitrogen and oxygen atoms in total. The lowest BCUT2D eigenvalue weighted by atomic mass is 10.2. The van der Waals surface area contributed by atoms with Crippen molar-refractivity contribution in [1.29, 1.82) is 0 Å². The highest BCUT2D eigenvalue weighted by molar-refractivity contribution is 6.03. The number of nitrogens with zero attached hydrogens (tertiary/aromatic N) is 1. The van der Waals surface area contributed by atoms with Crippen molar-refractivity contribution in [2.75, 3.05) is 5.32 Å². The van der Waals surface area contributed by atoms with Crippen LogP contribution in [-0.4, -0.2) is 21.9 Å².